The van der Waals surface area contributed by atoms with Crippen LogP contribution in [-0.4, -0.2) is 4.98 Å². The maximum atomic E-state index is 4.48. The van der Waals surface area contributed by atoms with Crippen LogP contribution in [0.5, 0.6) is 0 Å². The van der Waals surface area contributed by atoms with Gasteiger partial charge in [-0.15, -0.1) is 0 Å². The SMILES string of the molecule is CCc1ccc2nc(C)cc(Br)c2c1. The molecule has 0 bridgehead atoms. The van der Waals surface area contributed by atoms with Gasteiger partial charge in [0.15, 0.2) is 0 Å². The molecule has 0 N–H and O–H groups in total. The highest BCUT2D eigenvalue weighted by Gasteiger charge is 2.01. The zero-order valence-corrected chi connectivity index (χ0v) is 9.93. The van der Waals surface area contributed by atoms with Crippen molar-refractivity contribution >= 4 is 26.8 Å². The lowest BCUT2D eigenvalue weighted by Crippen LogP contribution is -1.87. The topological polar surface area (TPSA) is 12.9 Å². The van der Waals surface area contributed by atoms with Gasteiger partial charge < -0.3 is 0 Å². The van der Waals surface area contributed by atoms with Crippen LogP contribution in [0.1, 0.15) is 18.2 Å². The van der Waals surface area contributed by atoms with E-state index in [1.54, 1.807) is 0 Å². The fraction of sp³-hybridized carbons (Fsp3) is 0.250. The highest BCUT2D eigenvalue weighted by molar-refractivity contribution is 9.10. The number of fused-ring (bicyclic) bond motifs is 1. The van der Waals surface area contributed by atoms with Crippen LogP contribution in [0.3, 0.4) is 0 Å². The van der Waals surface area contributed by atoms with Gasteiger partial charge in [0.25, 0.3) is 0 Å². The van der Waals surface area contributed by atoms with Gasteiger partial charge >= 0.3 is 0 Å². The van der Waals surface area contributed by atoms with Crippen LogP contribution < -0.4 is 0 Å². The molecule has 0 spiro atoms. The predicted molar refractivity (Wildman–Crippen MR) is 63.6 cm³/mol. The second-order valence-corrected chi connectivity index (χ2v) is 4.30. The van der Waals surface area contributed by atoms with Crippen LogP contribution >= 0.6 is 15.9 Å². The smallest absolute Gasteiger partial charge is 0.0716 e. The average Bonchev–Trinajstić information content (AvgIpc) is 2.17. The second-order valence-electron chi connectivity index (χ2n) is 3.45. The molecular formula is C12H12BrN. The number of aromatic nitrogens is 1. The van der Waals surface area contributed by atoms with Crippen LogP contribution in [0.4, 0.5) is 0 Å². The molecular weight excluding hydrogens is 238 g/mol. The molecule has 1 aromatic heterocycles. The van der Waals surface area contributed by atoms with Crippen LogP contribution in [0, 0.1) is 6.92 Å². The van der Waals surface area contributed by atoms with E-state index in [1.165, 1.54) is 10.9 Å². The number of nitrogens with zero attached hydrogens (tertiary/aromatic N) is 1. The van der Waals surface area contributed by atoms with Gasteiger partial charge in [-0.1, -0.05) is 28.9 Å². The van der Waals surface area contributed by atoms with E-state index in [2.05, 4.69) is 52.1 Å². The molecule has 1 aromatic carbocycles. The van der Waals surface area contributed by atoms with Gasteiger partial charge in [-0.05, 0) is 37.1 Å². The fourth-order valence-electron chi connectivity index (χ4n) is 1.58. The second kappa shape index (κ2) is 3.70. The van der Waals surface area contributed by atoms with Crippen molar-refractivity contribution in [2.75, 3.05) is 0 Å². The Morgan fingerprint density at radius 3 is 2.79 bits per heavy atom. The molecule has 0 radical (unpaired) electrons. The van der Waals surface area contributed by atoms with Crippen LogP contribution in [0.15, 0.2) is 28.7 Å². The minimum atomic E-state index is 1.05. The molecule has 2 rings (SSSR count). The molecule has 2 heteroatoms. The molecule has 0 aliphatic carbocycles. The maximum Gasteiger partial charge on any atom is 0.0716 e. The molecule has 72 valence electrons. The van der Waals surface area contributed by atoms with Crippen molar-refractivity contribution in [2.45, 2.75) is 20.3 Å². The highest BCUT2D eigenvalue weighted by atomic mass is 79.9. The number of hydrogen-bond donors (Lipinski definition) is 0. The Bertz CT molecular complexity index is 477. The number of benzene rings is 1. The van der Waals surface area contributed by atoms with Gasteiger partial charge in [0.1, 0.15) is 0 Å². The lowest BCUT2D eigenvalue weighted by Gasteiger charge is -2.04. The summed E-state index contributed by atoms with van der Waals surface area (Å²) in [7, 11) is 0. The Hall–Kier alpha value is -0.890. The fourth-order valence-corrected chi connectivity index (χ4v) is 2.22. The van der Waals surface area contributed by atoms with Gasteiger partial charge in [0.05, 0.1) is 5.52 Å². The van der Waals surface area contributed by atoms with E-state index in [9.17, 15) is 0 Å². The Kier molecular flexibility index (Phi) is 2.55. The summed E-state index contributed by atoms with van der Waals surface area (Å²) in [5, 5.41) is 1.20. The first kappa shape index (κ1) is 9.66. The lowest BCUT2D eigenvalue weighted by molar-refractivity contribution is 1.14. The van der Waals surface area contributed by atoms with E-state index >= 15 is 0 Å². The Morgan fingerprint density at radius 1 is 1.29 bits per heavy atom. The first-order valence-electron chi connectivity index (χ1n) is 4.76. The highest BCUT2D eigenvalue weighted by Crippen LogP contribution is 2.24. The third-order valence-electron chi connectivity index (χ3n) is 2.36. The molecule has 0 amide bonds. The minimum absolute atomic E-state index is 1.05. The lowest BCUT2D eigenvalue weighted by atomic mass is 10.1. The van der Waals surface area contributed by atoms with Crippen molar-refractivity contribution < 1.29 is 0 Å². The Morgan fingerprint density at radius 2 is 2.07 bits per heavy atom. The first-order valence-corrected chi connectivity index (χ1v) is 5.56. The normalized spacial score (nSPS) is 10.8. The summed E-state index contributed by atoms with van der Waals surface area (Å²) in [6.45, 7) is 4.18. The molecule has 2 aromatic rings. The monoisotopic (exact) mass is 249 g/mol. The summed E-state index contributed by atoms with van der Waals surface area (Å²) < 4.78 is 1.13. The molecule has 0 saturated carbocycles. The quantitative estimate of drug-likeness (QED) is 0.748. The summed E-state index contributed by atoms with van der Waals surface area (Å²) in [5.41, 5.74) is 3.46. The molecule has 0 unspecified atom stereocenters. The maximum absolute atomic E-state index is 4.48. The molecule has 0 aliphatic heterocycles. The zero-order valence-electron chi connectivity index (χ0n) is 8.34. The first-order chi connectivity index (χ1) is 6.70. The summed E-state index contributed by atoms with van der Waals surface area (Å²) in [4.78, 5) is 4.48. The number of pyridine rings is 1. The van der Waals surface area contributed by atoms with Gasteiger partial charge in [-0.3, -0.25) is 4.98 Å². The van der Waals surface area contributed by atoms with E-state index in [4.69, 9.17) is 0 Å². The Labute approximate surface area is 92.3 Å². The number of halogens is 1. The van der Waals surface area contributed by atoms with Gasteiger partial charge in [0, 0.05) is 15.6 Å². The molecule has 0 aliphatic rings. The molecule has 1 nitrogen and oxygen atoms in total. The molecule has 0 saturated heterocycles. The summed E-state index contributed by atoms with van der Waals surface area (Å²) in [6.07, 6.45) is 1.07. The van der Waals surface area contributed by atoms with Crippen LogP contribution in [0.25, 0.3) is 10.9 Å². The summed E-state index contributed by atoms with van der Waals surface area (Å²) in [6, 6.07) is 8.49. The number of aryl methyl sites for hydroxylation is 2. The van der Waals surface area contributed by atoms with Crippen LogP contribution in [-0.2, 0) is 6.42 Å². The summed E-state index contributed by atoms with van der Waals surface area (Å²) in [5.74, 6) is 0. The number of rotatable bonds is 1. The van der Waals surface area contributed by atoms with E-state index < -0.39 is 0 Å². The predicted octanol–water partition coefficient (Wildman–Crippen LogP) is 3.87. The largest absolute Gasteiger partial charge is 0.253 e. The molecule has 1 heterocycles. The zero-order chi connectivity index (χ0) is 10.1. The third kappa shape index (κ3) is 1.67. The molecule has 14 heavy (non-hydrogen) atoms. The summed E-state index contributed by atoms with van der Waals surface area (Å²) >= 11 is 3.57. The van der Waals surface area contributed by atoms with Crippen molar-refractivity contribution in [3.8, 4) is 0 Å². The standard InChI is InChI=1S/C12H12BrN/c1-3-9-4-5-12-10(7-9)11(13)6-8(2)14-12/h4-7H,3H2,1-2H3. The van der Waals surface area contributed by atoms with E-state index in [0.29, 0.717) is 0 Å². The van der Waals surface area contributed by atoms with Gasteiger partial charge in [-0.2, -0.15) is 0 Å². The van der Waals surface area contributed by atoms with Crippen molar-refractivity contribution in [3.63, 3.8) is 0 Å². The van der Waals surface area contributed by atoms with Crippen LogP contribution in [0.2, 0.25) is 0 Å². The van der Waals surface area contributed by atoms with Crippen molar-refractivity contribution in [3.05, 3.63) is 40.0 Å². The average molecular weight is 250 g/mol. The minimum Gasteiger partial charge on any atom is -0.253 e. The van der Waals surface area contributed by atoms with E-state index in [0.717, 1.165) is 22.1 Å². The third-order valence-corrected chi connectivity index (χ3v) is 3.02. The van der Waals surface area contributed by atoms with E-state index in [1.807, 2.05) is 6.92 Å². The van der Waals surface area contributed by atoms with Gasteiger partial charge in [0.2, 0.25) is 0 Å². The number of hydrogen-bond acceptors (Lipinski definition) is 1. The molecule has 0 atom stereocenters. The van der Waals surface area contributed by atoms with E-state index in [-0.39, 0.29) is 0 Å². The van der Waals surface area contributed by atoms with Crippen molar-refractivity contribution in [1.29, 1.82) is 0 Å². The van der Waals surface area contributed by atoms with Gasteiger partial charge in [-0.25, -0.2) is 0 Å². The van der Waals surface area contributed by atoms with Crippen molar-refractivity contribution in [2.24, 2.45) is 0 Å². The Balaban J connectivity index is 2.75. The van der Waals surface area contributed by atoms with Crippen molar-refractivity contribution in [1.82, 2.24) is 4.98 Å². The molecule has 0 fully saturated rings.